The van der Waals surface area contributed by atoms with Crippen molar-refractivity contribution in [1.82, 2.24) is 9.21 Å². The summed E-state index contributed by atoms with van der Waals surface area (Å²) >= 11 is 0. The quantitative estimate of drug-likeness (QED) is 0.640. The second-order valence-corrected chi connectivity index (χ2v) is 9.74. The van der Waals surface area contributed by atoms with Gasteiger partial charge in [0.15, 0.2) is 0 Å². The summed E-state index contributed by atoms with van der Waals surface area (Å²) in [5.41, 5.74) is 1.93. The van der Waals surface area contributed by atoms with Crippen LogP contribution in [0.4, 0.5) is 4.39 Å². The van der Waals surface area contributed by atoms with Crippen LogP contribution in [0.1, 0.15) is 36.8 Å². The number of likely N-dealkylation sites (N-methyl/N-ethyl adjacent to an activating group) is 1. The molecule has 0 bridgehead atoms. The molecule has 1 amide bonds. The highest BCUT2D eigenvalue weighted by atomic mass is 32.2. The van der Waals surface area contributed by atoms with Crippen LogP contribution in [0.5, 0.6) is 0 Å². The minimum absolute atomic E-state index is 0.0297. The molecular weight excluding hydrogens is 403 g/mol. The molecule has 1 fully saturated rings. The van der Waals surface area contributed by atoms with Crippen molar-refractivity contribution in [2.24, 2.45) is 0 Å². The van der Waals surface area contributed by atoms with E-state index in [-0.39, 0.29) is 11.7 Å². The first kappa shape index (κ1) is 22.4. The standard InChI is InChI=1S/C23H29FN2O3S/c1-25(18-15-20-5-10-21(24)11-6-20)23(27)14-9-19-7-12-22(13-8-19)30(28,29)26-16-3-2-4-17-26/h5-8,10-13H,2-4,9,14-18H2,1H3. The lowest BCUT2D eigenvalue weighted by molar-refractivity contribution is -0.129. The number of halogens is 1. The molecule has 5 nitrogen and oxygen atoms in total. The van der Waals surface area contributed by atoms with Crippen molar-refractivity contribution in [3.8, 4) is 0 Å². The lowest BCUT2D eigenvalue weighted by Gasteiger charge is -2.25. The summed E-state index contributed by atoms with van der Waals surface area (Å²) in [5.74, 6) is -0.236. The number of rotatable bonds is 8. The molecule has 0 spiro atoms. The van der Waals surface area contributed by atoms with Crippen LogP contribution in [0.15, 0.2) is 53.4 Å². The van der Waals surface area contributed by atoms with E-state index >= 15 is 0 Å². The number of sulfonamides is 1. The normalized spacial score (nSPS) is 15.1. The number of hydrogen-bond donors (Lipinski definition) is 0. The fraction of sp³-hybridized carbons (Fsp3) is 0.435. The predicted octanol–water partition coefficient (Wildman–Crippen LogP) is 3.63. The second kappa shape index (κ2) is 10.2. The maximum Gasteiger partial charge on any atom is 0.243 e. The highest BCUT2D eigenvalue weighted by Gasteiger charge is 2.25. The van der Waals surface area contributed by atoms with E-state index in [0.717, 1.165) is 30.4 Å². The van der Waals surface area contributed by atoms with Crippen molar-refractivity contribution in [3.05, 3.63) is 65.5 Å². The molecule has 1 aliphatic rings. The molecule has 0 N–H and O–H groups in total. The zero-order valence-corrected chi connectivity index (χ0v) is 18.2. The molecule has 1 saturated heterocycles. The van der Waals surface area contributed by atoms with Crippen molar-refractivity contribution in [2.75, 3.05) is 26.7 Å². The molecule has 7 heteroatoms. The van der Waals surface area contributed by atoms with Gasteiger partial charge in [0.1, 0.15) is 5.82 Å². The molecule has 3 rings (SSSR count). The first-order chi connectivity index (χ1) is 14.4. The van der Waals surface area contributed by atoms with Crippen LogP contribution in [0.25, 0.3) is 0 Å². The minimum atomic E-state index is -3.43. The van der Waals surface area contributed by atoms with Crippen LogP contribution in [0.3, 0.4) is 0 Å². The third-order valence-corrected chi connectivity index (χ3v) is 7.49. The van der Waals surface area contributed by atoms with E-state index in [1.807, 2.05) is 0 Å². The van der Waals surface area contributed by atoms with Gasteiger partial charge in [0.25, 0.3) is 0 Å². The molecule has 30 heavy (non-hydrogen) atoms. The van der Waals surface area contributed by atoms with Crippen LogP contribution >= 0.6 is 0 Å². The SMILES string of the molecule is CN(CCc1ccc(F)cc1)C(=O)CCc1ccc(S(=O)(=O)N2CCCCC2)cc1. The van der Waals surface area contributed by atoms with Crippen molar-refractivity contribution in [2.45, 2.75) is 43.4 Å². The summed E-state index contributed by atoms with van der Waals surface area (Å²) in [5, 5.41) is 0. The van der Waals surface area contributed by atoms with Gasteiger partial charge in [-0.3, -0.25) is 4.79 Å². The van der Waals surface area contributed by atoms with E-state index in [9.17, 15) is 17.6 Å². The van der Waals surface area contributed by atoms with E-state index in [1.54, 1.807) is 52.7 Å². The van der Waals surface area contributed by atoms with Crippen LogP contribution in [0.2, 0.25) is 0 Å². The molecule has 0 radical (unpaired) electrons. The summed E-state index contributed by atoms with van der Waals surface area (Å²) in [7, 11) is -1.66. The molecule has 2 aromatic rings. The Bertz CT molecular complexity index is 937. The third kappa shape index (κ3) is 5.89. The molecular formula is C23H29FN2O3S. The summed E-state index contributed by atoms with van der Waals surface area (Å²) in [4.78, 5) is 14.4. The molecule has 0 saturated carbocycles. The van der Waals surface area contributed by atoms with Crippen LogP contribution in [0, 0.1) is 5.82 Å². The smallest absolute Gasteiger partial charge is 0.243 e. The number of hydrogen-bond acceptors (Lipinski definition) is 3. The molecule has 162 valence electrons. The molecule has 0 aromatic heterocycles. The predicted molar refractivity (Wildman–Crippen MR) is 115 cm³/mol. The summed E-state index contributed by atoms with van der Waals surface area (Å²) < 4.78 is 39.9. The maximum absolute atomic E-state index is 13.0. The van der Waals surface area contributed by atoms with Crippen molar-refractivity contribution in [1.29, 1.82) is 0 Å². The Morgan fingerprint density at radius 1 is 0.933 bits per heavy atom. The van der Waals surface area contributed by atoms with Gasteiger partial charge in [0, 0.05) is 33.1 Å². The number of carbonyl (C=O) groups excluding carboxylic acids is 1. The van der Waals surface area contributed by atoms with Crippen molar-refractivity contribution < 1.29 is 17.6 Å². The average Bonchev–Trinajstić information content (AvgIpc) is 2.77. The number of nitrogens with zero attached hydrogens (tertiary/aromatic N) is 2. The molecule has 0 aliphatic carbocycles. The first-order valence-corrected chi connectivity index (χ1v) is 11.9. The fourth-order valence-corrected chi connectivity index (χ4v) is 5.11. The van der Waals surface area contributed by atoms with Gasteiger partial charge in [0.05, 0.1) is 4.90 Å². The summed E-state index contributed by atoms with van der Waals surface area (Å²) in [6.45, 7) is 1.74. The average molecular weight is 433 g/mol. The van der Waals surface area contributed by atoms with E-state index in [2.05, 4.69) is 0 Å². The molecule has 1 aliphatic heterocycles. The number of piperidine rings is 1. The van der Waals surface area contributed by atoms with E-state index in [4.69, 9.17) is 0 Å². The summed E-state index contributed by atoms with van der Waals surface area (Å²) in [6, 6.07) is 13.2. The van der Waals surface area contributed by atoms with Gasteiger partial charge in [-0.25, -0.2) is 12.8 Å². The van der Waals surface area contributed by atoms with Gasteiger partial charge < -0.3 is 4.90 Å². The Kier molecular flexibility index (Phi) is 7.61. The minimum Gasteiger partial charge on any atom is -0.345 e. The van der Waals surface area contributed by atoms with Crippen LogP contribution in [-0.2, 0) is 27.7 Å². The lowest BCUT2D eigenvalue weighted by Crippen LogP contribution is -2.35. The summed E-state index contributed by atoms with van der Waals surface area (Å²) in [6.07, 6.45) is 4.49. The van der Waals surface area contributed by atoms with Crippen LogP contribution in [-0.4, -0.2) is 50.2 Å². The second-order valence-electron chi connectivity index (χ2n) is 7.80. The van der Waals surface area contributed by atoms with Gasteiger partial charge in [-0.2, -0.15) is 4.31 Å². The Morgan fingerprint density at radius 2 is 1.50 bits per heavy atom. The van der Waals surface area contributed by atoms with E-state index in [1.165, 1.54) is 12.1 Å². The van der Waals surface area contributed by atoms with E-state index in [0.29, 0.717) is 43.8 Å². The monoisotopic (exact) mass is 432 g/mol. The molecule has 0 atom stereocenters. The zero-order valence-electron chi connectivity index (χ0n) is 17.4. The Morgan fingerprint density at radius 3 is 2.13 bits per heavy atom. The van der Waals surface area contributed by atoms with Gasteiger partial charge in [-0.05, 0) is 61.1 Å². The van der Waals surface area contributed by atoms with Crippen LogP contribution < -0.4 is 0 Å². The van der Waals surface area contributed by atoms with Gasteiger partial charge in [-0.15, -0.1) is 0 Å². The van der Waals surface area contributed by atoms with Crippen molar-refractivity contribution >= 4 is 15.9 Å². The van der Waals surface area contributed by atoms with Gasteiger partial charge >= 0.3 is 0 Å². The number of amides is 1. The maximum atomic E-state index is 13.0. The highest BCUT2D eigenvalue weighted by Crippen LogP contribution is 2.21. The molecule has 2 aromatic carbocycles. The number of benzene rings is 2. The topological polar surface area (TPSA) is 57.7 Å². The van der Waals surface area contributed by atoms with Crippen molar-refractivity contribution in [3.63, 3.8) is 0 Å². The Balaban J connectivity index is 1.49. The van der Waals surface area contributed by atoms with E-state index < -0.39 is 10.0 Å². The third-order valence-electron chi connectivity index (χ3n) is 5.58. The lowest BCUT2D eigenvalue weighted by atomic mass is 10.1. The highest BCUT2D eigenvalue weighted by molar-refractivity contribution is 7.89. The van der Waals surface area contributed by atoms with Gasteiger partial charge in [-0.1, -0.05) is 30.7 Å². The Hall–Kier alpha value is -2.25. The molecule has 1 heterocycles. The number of aryl methyl sites for hydroxylation is 1. The first-order valence-electron chi connectivity index (χ1n) is 10.4. The molecule has 0 unspecified atom stereocenters. The fourth-order valence-electron chi connectivity index (χ4n) is 3.60. The zero-order chi connectivity index (χ0) is 21.6. The number of carbonyl (C=O) groups is 1. The Labute approximate surface area is 178 Å². The largest absolute Gasteiger partial charge is 0.345 e. The van der Waals surface area contributed by atoms with Gasteiger partial charge in [0.2, 0.25) is 15.9 Å².